The van der Waals surface area contributed by atoms with Gasteiger partial charge in [0.25, 0.3) is 0 Å². The summed E-state index contributed by atoms with van der Waals surface area (Å²) in [6.45, 7) is 6.14. The van der Waals surface area contributed by atoms with Crippen LogP contribution in [0.15, 0.2) is 24.3 Å². The molecule has 1 fully saturated rings. The molecular formula is C21H26N4O2. The molecule has 1 N–H and O–H groups in total. The first-order valence-electron chi connectivity index (χ1n) is 9.33. The summed E-state index contributed by atoms with van der Waals surface area (Å²) >= 11 is 0. The van der Waals surface area contributed by atoms with E-state index < -0.39 is 0 Å². The van der Waals surface area contributed by atoms with Crippen LogP contribution in [0.1, 0.15) is 36.1 Å². The van der Waals surface area contributed by atoms with Crippen molar-refractivity contribution in [2.75, 3.05) is 32.1 Å². The Bertz CT molecular complexity index is 856. The number of nitrogens with zero attached hydrogens (tertiary/aromatic N) is 3. The molecule has 142 valence electrons. The molecule has 1 amide bonds. The van der Waals surface area contributed by atoms with Crippen LogP contribution >= 0.6 is 0 Å². The number of piperidine rings is 1. The van der Waals surface area contributed by atoms with Gasteiger partial charge >= 0.3 is 0 Å². The lowest BCUT2D eigenvalue weighted by atomic mass is 10.1. The van der Waals surface area contributed by atoms with Gasteiger partial charge in [0, 0.05) is 11.4 Å². The minimum atomic E-state index is -0.0827. The summed E-state index contributed by atoms with van der Waals surface area (Å²) in [6.07, 6.45) is 3.50. The highest BCUT2D eigenvalue weighted by Crippen LogP contribution is 2.30. The molecule has 2 aromatic rings. The third kappa shape index (κ3) is 3.99. The molecule has 0 radical (unpaired) electrons. The number of aromatic nitrogens is 1. The predicted octanol–water partition coefficient (Wildman–Crippen LogP) is 3.40. The van der Waals surface area contributed by atoms with Gasteiger partial charge in [0.2, 0.25) is 5.91 Å². The van der Waals surface area contributed by atoms with E-state index in [1.165, 1.54) is 6.42 Å². The molecule has 0 spiro atoms. The molecule has 1 aromatic heterocycles. The number of carbonyl (C=O) groups excluding carboxylic acids is 1. The zero-order valence-corrected chi connectivity index (χ0v) is 16.2. The highest BCUT2D eigenvalue weighted by molar-refractivity contribution is 5.93. The minimum Gasteiger partial charge on any atom is -0.497 e. The standard InChI is InChI=1S/C21H26N4O2/c1-15-16(2)25(17-7-9-18(27-3)10-8-17)21(19(15)13-22)23-20(26)14-24-11-5-4-6-12-24/h7-10H,4-6,11-12,14H2,1-3H3,(H,23,26). The van der Waals surface area contributed by atoms with Gasteiger partial charge in [0.15, 0.2) is 0 Å². The Kier molecular flexibility index (Phi) is 5.82. The van der Waals surface area contributed by atoms with Gasteiger partial charge in [-0.1, -0.05) is 6.42 Å². The molecule has 0 aliphatic carbocycles. The van der Waals surface area contributed by atoms with Crippen molar-refractivity contribution in [3.63, 3.8) is 0 Å². The van der Waals surface area contributed by atoms with Crippen molar-refractivity contribution in [2.24, 2.45) is 0 Å². The lowest BCUT2D eigenvalue weighted by Crippen LogP contribution is -2.37. The van der Waals surface area contributed by atoms with Gasteiger partial charge in [-0.15, -0.1) is 0 Å². The average Bonchev–Trinajstić information content (AvgIpc) is 2.92. The fourth-order valence-electron chi connectivity index (χ4n) is 3.61. The Morgan fingerprint density at radius 2 is 1.85 bits per heavy atom. The number of ether oxygens (including phenoxy) is 1. The molecule has 0 saturated carbocycles. The monoisotopic (exact) mass is 366 g/mol. The van der Waals surface area contributed by atoms with Crippen LogP contribution in [0.25, 0.3) is 5.69 Å². The minimum absolute atomic E-state index is 0.0827. The van der Waals surface area contributed by atoms with E-state index in [-0.39, 0.29) is 5.91 Å². The van der Waals surface area contributed by atoms with Gasteiger partial charge in [-0.05, 0) is 69.6 Å². The summed E-state index contributed by atoms with van der Waals surface area (Å²) < 4.78 is 7.16. The Morgan fingerprint density at radius 1 is 1.19 bits per heavy atom. The highest BCUT2D eigenvalue weighted by Gasteiger charge is 2.22. The molecular weight excluding hydrogens is 340 g/mol. The van der Waals surface area contributed by atoms with Gasteiger partial charge < -0.3 is 10.1 Å². The molecule has 27 heavy (non-hydrogen) atoms. The van der Waals surface area contributed by atoms with E-state index in [1.54, 1.807) is 7.11 Å². The summed E-state index contributed by atoms with van der Waals surface area (Å²) in [7, 11) is 1.63. The van der Waals surface area contributed by atoms with Gasteiger partial charge in [0.05, 0.1) is 19.2 Å². The second-order valence-corrected chi connectivity index (χ2v) is 6.96. The van der Waals surface area contributed by atoms with E-state index >= 15 is 0 Å². The van der Waals surface area contributed by atoms with Crippen molar-refractivity contribution in [1.82, 2.24) is 9.47 Å². The Balaban J connectivity index is 1.91. The first-order valence-corrected chi connectivity index (χ1v) is 9.33. The number of anilines is 1. The van der Waals surface area contributed by atoms with Gasteiger partial charge in [0.1, 0.15) is 17.6 Å². The van der Waals surface area contributed by atoms with E-state index in [2.05, 4.69) is 16.3 Å². The number of nitriles is 1. The topological polar surface area (TPSA) is 70.3 Å². The number of likely N-dealkylation sites (tertiary alicyclic amines) is 1. The lowest BCUT2D eigenvalue weighted by Gasteiger charge is -2.25. The van der Waals surface area contributed by atoms with E-state index in [4.69, 9.17) is 4.74 Å². The van der Waals surface area contributed by atoms with E-state index in [0.29, 0.717) is 17.9 Å². The molecule has 0 unspecified atom stereocenters. The van der Waals surface area contributed by atoms with Crippen molar-refractivity contribution in [3.05, 3.63) is 41.1 Å². The number of carbonyl (C=O) groups is 1. The van der Waals surface area contributed by atoms with Crippen LogP contribution in [0.3, 0.4) is 0 Å². The van der Waals surface area contributed by atoms with Crippen LogP contribution in [0.5, 0.6) is 5.75 Å². The second kappa shape index (κ2) is 8.28. The maximum atomic E-state index is 12.7. The summed E-state index contributed by atoms with van der Waals surface area (Å²) in [5.41, 5.74) is 3.20. The quantitative estimate of drug-likeness (QED) is 0.880. The van der Waals surface area contributed by atoms with Gasteiger partial charge in [-0.3, -0.25) is 14.3 Å². The summed E-state index contributed by atoms with van der Waals surface area (Å²) in [6, 6.07) is 9.84. The molecule has 0 atom stereocenters. The first kappa shape index (κ1) is 19.0. The molecule has 1 aliphatic rings. The zero-order chi connectivity index (χ0) is 19.4. The molecule has 1 aromatic carbocycles. The van der Waals surface area contributed by atoms with Crippen LogP contribution in [-0.2, 0) is 4.79 Å². The van der Waals surface area contributed by atoms with E-state index in [9.17, 15) is 10.1 Å². The molecule has 3 rings (SSSR count). The van der Waals surface area contributed by atoms with Crippen molar-refractivity contribution >= 4 is 11.7 Å². The summed E-state index contributed by atoms with van der Waals surface area (Å²) in [5.74, 6) is 1.22. The number of benzene rings is 1. The second-order valence-electron chi connectivity index (χ2n) is 6.96. The number of nitrogens with one attached hydrogen (secondary N) is 1. The fourth-order valence-corrected chi connectivity index (χ4v) is 3.61. The van der Waals surface area contributed by atoms with Gasteiger partial charge in [-0.2, -0.15) is 5.26 Å². The van der Waals surface area contributed by atoms with E-state index in [0.717, 1.165) is 48.6 Å². The number of amides is 1. The maximum absolute atomic E-state index is 12.7. The number of hydrogen-bond acceptors (Lipinski definition) is 4. The lowest BCUT2D eigenvalue weighted by molar-refractivity contribution is -0.117. The smallest absolute Gasteiger partial charge is 0.239 e. The van der Waals surface area contributed by atoms with Crippen LogP contribution in [0.2, 0.25) is 0 Å². The number of methoxy groups -OCH3 is 1. The Hall–Kier alpha value is -2.78. The third-order valence-electron chi connectivity index (χ3n) is 5.23. The number of rotatable bonds is 5. The largest absolute Gasteiger partial charge is 0.497 e. The molecule has 1 saturated heterocycles. The number of hydrogen-bond donors (Lipinski definition) is 1. The van der Waals surface area contributed by atoms with Crippen molar-refractivity contribution in [3.8, 4) is 17.5 Å². The van der Waals surface area contributed by atoms with Crippen molar-refractivity contribution in [1.29, 1.82) is 5.26 Å². The predicted molar refractivity (Wildman–Crippen MR) is 105 cm³/mol. The summed E-state index contributed by atoms with van der Waals surface area (Å²) in [4.78, 5) is 14.8. The highest BCUT2D eigenvalue weighted by atomic mass is 16.5. The van der Waals surface area contributed by atoms with Crippen LogP contribution < -0.4 is 10.1 Å². The summed E-state index contributed by atoms with van der Waals surface area (Å²) in [5, 5.41) is 12.7. The molecule has 1 aliphatic heterocycles. The van der Waals surface area contributed by atoms with Gasteiger partial charge in [-0.25, -0.2) is 0 Å². The fraction of sp³-hybridized carbons (Fsp3) is 0.429. The average molecular weight is 366 g/mol. The first-order chi connectivity index (χ1) is 13.0. The van der Waals surface area contributed by atoms with Crippen molar-refractivity contribution < 1.29 is 9.53 Å². The van der Waals surface area contributed by atoms with Crippen LogP contribution in [0.4, 0.5) is 5.82 Å². The molecule has 6 heteroatoms. The third-order valence-corrected chi connectivity index (χ3v) is 5.23. The van der Waals surface area contributed by atoms with E-state index in [1.807, 2.05) is 42.7 Å². The SMILES string of the molecule is COc1ccc(-n2c(C)c(C)c(C#N)c2NC(=O)CN2CCCCC2)cc1. The van der Waals surface area contributed by atoms with Crippen LogP contribution in [0, 0.1) is 25.2 Å². The Labute approximate surface area is 160 Å². The molecule has 2 heterocycles. The van der Waals surface area contributed by atoms with Crippen molar-refractivity contribution in [2.45, 2.75) is 33.1 Å². The molecule has 6 nitrogen and oxygen atoms in total. The van der Waals surface area contributed by atoms with Crippen LogP contribution in [-0.4, -0.2) is 42.1 Å². The normalized spacial score (nSPS) is 14.6. The maximum Gasteiger partial charge on any atom is 0.239 e. The zero-order valence-electron chi connectivity index (χ0n) is 16.2. The Morgan fingerprint density at radius 3 is 2.44 bits per heavy atom. The molecule has 0 bridgehead atoms.